The lowest BCUT2D eigenvalue weighted by molar-refractivity contribution is 0.224. The summed E-state index contributed by atoms with van der Waals surface area (Å²) in [5.74, 6) is 4.06. The Labute approximate surface area is 138 Å². The minimum Gasteiger partial charge on any atom is -0.489 e. The van der Waals surface area contributed by atoms with Crippen molar-refractivity contribution in [3.05, 3.63) is 29.8 Å². The van der Waals surface area contributed by atoms with Crippen molar-refractivity contribution in [1.82, 2.24) is 10.6 Å². The van der Waals surface area contributed by atoms with Gasteiger partial charge in [-0.25, -0.2) is 0 Å². The quantitative estimate of drug-likeness (QED) is 0.352. The van der Waals surface area contributed by atoms with Crippen LogP contribution in [0.1, 0.15) is 12.5 Å². The van der Waals surface area contributed by atoms with Crippen molar-refractivity contribution >= 4 is 29.9 Å². The standard InChI is InChI=1S/C15H21N3O.HI/c1-5-9-17-15(16-4)18-11-13(3)19-14-8-6-7-12(2)10-14;/h1,6-8,10,13H,9,11H2,2-4H3,(H2,16,17,18);1H. The van der Waals surface area contributed by atoms with Gasteiger partial charge in [-0.1, -0.05) is 18.1 Å². The molecule has 0 bridgehead atoms. The molecule has 0 radical (unpaired) electrons. The molecule has 1 rings (SSSR count). The molecule has 0 fully saturated rings. The van der Waals surface area contributed by atoms with Crippen LogP contribution in [0, 0.1) is 19.3 Å². The van der Waals surface area contributed by atoms with Crippen LogP contribution in [0.15, 0.2) is 29.3 Å². The lowest BCUT2D eigenvalue weighted by Crippen LogP contribution is -2.41. The van der Waals surface area contributed by atoms with Crippen LogP contribution in [0.4, 0.5) is 0 Å². The van der Waals surface area contributed by atoms with Crippen molar-refractivity contribution in [2.45, 2.75) is 20.0 Å². The maximum absolute atomic E-state index is 5.81. The van der Waals surface area contributed by atoms with E-state index in [1.54, 1.807) is 7.05 Å². The average molecular weight is 387 g/mol. The second-order valence-corrected chi connectivity index (χ2v) is 4.26. The van der Waals surface area contributed by atoms with Crippen molar-refractivity contribution in [1.29, 1.82) is 0 Å². The Balaban J connectivity index is 0.00000361. The Morgan fingerprint density at radius 1 is 1.45 bits per heavy atom. The average Bonchev–Trinajstić information content (AvgIpc) is 2.39. The fourth-order valence-corrected chi connectivity index (χ4v) is 1.56. The zero-order chi connectivity index (χ0) is 14.1. The lowest BCUT2D eigenvalue weighted by Gasteiger charge is -2.17. The molecule has 0 aliphatic rings. The van der Waals surface area contributed by atoms with Crippen molar-refractivity contribution in [3.8, 4) is 18.1 Å². The molecule has 0 amide bonds. The van der Waals surface area contributed by atoms with Gasteiger partial charge in [-0.15, -0.1) is 30.4 Å². The van der Waals surface area contributed by atoms with Gasteiger partial charge in [0.15, 0.2) is 5.96 Å². The third-order valence-corrected chi connectivity index (χ3v) is 2.47. The number of ether oxygens (including phenoxy) is 1. The molecule has 1 aromatic rings. The predicted molar refractivity (Wildman–Crippen MR) is 94.9 cm³/mol. The van der Waals surface area contributed by atoms with Crippen LogP contribution < -0.4 is 15.4 Å². The number of rotatable bonds is 5. The monoisotopic (exact) mass is 387 g/mol. The molecule has 0 saturated carbocycles. The number of aliphatic imine (C=N–C) groups is 1. The summed E-state index contributed by atoms with van der Waals surface area (Å²) in [6, 6.07) is 8.00. The van der Waals surface area contributed by atoms with E-state index in [1.807, 2.05) is 38.1 Å². The minimum absolute atomic E-state index is 0. The smallest absolute Gasteiger partial charge is 0.191 e. The van der Waals surface area contributed by atoms with Gasteiger partial charge in [0.1, 0.15) is 11.9 Å². The van der Waals surface area contributed by atoms with E-state index in [0.717, 1.165) is 5.75 Å². The molecular formula is C15H22IN3O. The first-order chi connectivity index (χ1) is 9.15. The zero-order valence-electron chi connectivity index (χ0n) is 12.1. The Kier molecular flexibility index (Phi) is 9.64. The number of nitrogens with zero attached hydrogens (tertiary/aromatic N) is 1. The largest absolute Gasteiger partial charge is 0.489 e. The van der Waals surface area contributed by atoms with Crippen LogP contribution in [0.3, 0.4) is 0 Å². The van der Waals surface area contributed by atoms with Crippen LogP contribution in [0.25, 0.3) is 0 Å². The van der Waals surface area contributed by atoms with Crippen molar-refractivity contribution in [3.63, 3.8) is 0 Å². The number of hydrogen-bond donors (Lipinski definition) is 2. The SMILES string of the molecule is C#CCNC(=NC)NCC(C)Oc1cccc(C)c1.I. The molecule has 110 valence electrons. The van der Waals surface area contributed by atoms with Crippen molar-refractivity contribution in [2.75, 3.05) is 20.1 Å². The Hall–Kier alpha value is -1.42. The number of aryl methyl sites for hydroxylation is 1. The number of guanidine groups is 1. The predicted octanol–water partition coefficient (Wildman–Crippen LogP) is 2.18. The van der Waals surface area contributed by atoms with E-state index in [4.69, 9.17) is 11.2 Å². The van der Waals surface area contributed by atoms with Gasteiger partial charge in [-0.05, 0) is 31.5 Å². The minimum atomic E-state index is 0. The summed E-state index contributed by atoms with van der Waals surface area (Å²) in [5, 5.41) is 6.15. The van der Waals surface area contributed by atoms with E-state index in [1.165, 1.54) is 5.56 Å². The molecule has 1 unspecified atom stereocenters. The van der Waals surface area contributed by atoms with Crippen LogP contribution in [-0.2, 0) is 0 Å². The van der Waals surface area contributed by atoms with Crippen molar-refractivity contribution < 1.29 is 4.74 Å². The van der Waals surface area contributed by atoms with Gasteiger partial charge in [0, 0.05) is 7.05 Å². The first kappa shape index (κ1) is 18.6. The van der Waals surface area contributed by atoms with Crippen molar-refractivity contribution in [2.24, 2.45) is 4.99 Å². The molecule has 0 saturated heterocycles. The van der Waals surface area contributed by atoms with Gasteiger partial charge in [-0.3, -0.25) is 4.99 Å². The van der Waals surface area contributed by atoms with E-state index >= 15 is 0 Å². The second kappa shape index (κ2) is 10.4. The fourth-order valence-electron chi connectivity index (χ4n) is 1.56. The van der Waals surface area contributed by atoms with E-state index in [-0.39, 0.29) is 30.1 Å². The van der Waals surface area contributed by atoms with Gasteiger partial charge in [0.2, 0.25) is 0 Å². The summed E-state index contributed by atoms with van der Waals surface area (Å²) >= 11 is 0. The molecule has 20 heavy (non-hydrogen) atoms. The second-order valence-electron chi connectivity index (χ2n) is 4.26. The number of hydrogen-bond acceptors (Lipinski definition) is 2. The normalized spacial score (nSPS) is 11.8. The van der Waals surface area contributed by atoms with Crippen LogP contribution in [0.5, 0.6) is 5.75 Å². The Morgan fingerprint density at radius 2 is 2.20 bits per heavy atom. The molecule has 0 aliphatic carbocycles. The molecular weight excluding hydrogens is 365 g/mol. The molecule has 0 aliphatic heterocycles. The summed E-state index contributed by atoms with van der Waals surface area (Å²) in [4.78, 5) is 4.06. The third-order valence-electron chi connectivity index (χ3n) is 2.47. The van der Waals surface area contributed by atoms with E-state index in [9.17, 15) is 0 Å². The maximum atomic E-state index is 5.81. The number of nitrogens with one attached hydrogen (secondary N) is 2. The molecule has 4 nitrogen and oxygen atoms in total. The molecule has 5 heteroatoms. The number of benzene rings is 1. The molecule has 1 aromatic carbocycles. The lowest BCUT2D eigenvalue weighted by atomic mass is 10.2. The Bertz CT molecular complexity index is 468. The first-order valence-electron chi connectivity index (χ1n) is 6.27. The summed E-state index contributed by atoms with van der Waals surface area (Å²) in [7, 11) is 1.71. The summed E-state index contributed by atoms with van der Waals surface area (Å²) in [5.41, 5.74) is 1.18. The summed E-state index contributed by atoms with van der Waals surface area (Å²) < 4.78 is 5.81. The summed E-state index contributed by atoms with van der Waals surface area (Å²) in [6.07, 6.45) is 5.22. The summed E-state index contributed by atoms with van der Waals surface area (Å²) in [6.45, 7) is 5.15. The highest BCUT2D eigenvalue weighted by Crippen LogP contribution is 2.13. The zero-order valence-corrected chi connectivity index (χ0v) is 14.5. The molecule has 0 aromatic heterocycles. The molecule has 2 N–H and O–H groups in total. The van der Waals surface area contributed by atoms with Gasteiger partial charge in [-0.2, -0.15) is 0 Å². The van der Waals surface area contributed by atoms with Gasteiger partial charge < -0.3 is 15.4 Å². The fraction of sp³-hybridized carbons (Fsp3) is 0.400. The van der Waals surface area contributed by atoms with Crippen LogP contribution in [0.2, 0.25) is 0 Å². The maximum Gasteiger partial charge on any atom is 0.191 e. The van der Waals surface area contributed by atoms with E-state index in [2.05, 4.69) is 21.5 Å². The highest BCUT2D eigenvalue weighted by Gasteiger charge is 2.05. The first-order valence-corrected chi connectivity index (χ1v) is 6.27. The topological polar surface area (TPSA) is 45.7 Å². The molecule has 0 heterocycles. The number of halogens is 1. The van der Waals surface area contributed by atoms with Crippen LogP contribution >= 0.6 is 24.0 Å². The number of terminal acetylenes is 1. The van der Waals surface area contributed by atoms with Crippen LogP contribution in [-0.4, -0.2) is 32.2 Å². The van der Waals surface area contributed by atoms with Gasteiger partial charge in [0.05, 0.1) is 13.1 Å². The van der Waals surface area contributed by atoms with E-state index in [0.29, 0.717) is 19.0 Å². The molecule has 1 atom stereocenters. The van der Waals surface area contributed by atoms with Gasteiger partial charge in [0.25, 0.3) is 0 Å². The van der Waals surface area contributed by atoms with E-state index < -0.39 is 0 Å². The highest BCUT2D eigenvalue weighted by atomic mass is 127. The highest BCUT2D eigenvalue weighted by molar-refractivity contribution is 14.0. The third kappa shape index (κ3) is 7.24. The van der Waals surface area contributed by atoms with Gasteiger partial charge >= 0.3 is 0 Å². The Morgan fingerprint density at radius 3 is 2.80 bits per heavy atom. The molecule has 0 spiro atoms.